The number of hydrogen-bond donors (Lipinski definition) is 0. The van der Waals surface area contributed by atoms with Crippen molar-refractivity contribution < 1.29 is 17.9 Å². The van der Waals surface area contributed by atoms with Crippen LogP contribution in [0.5, 0.6) is 5.75 Å². The zero-order chi connectivity index (χ0) is 16.5. The minimum atomic E-state index is -4.83. The number of alkyl halides is 3. The largest absolute Gasteiger partial charge is 0.573 e. The van der Waals surface area contributed by atoms with E-state index in [0.717, 1.165) is 0 Å². The van der Waals surface area contributed by atoms with Gasteiger partial charge in [-0.05, 0) is 19.1 Å². The van der Waals surface area contributed by atoms with Crippen molar-refractivity contribution in [2.45, 2.75) is 13.3 Å². The average Bonchev–Trinajstić information content (AvgIpc) is 2.45. The van der Waals surface area contributed by atoms with Crippen LogP contribution in [0.25, 0.3) is 11.1 Å². The summed E-state index contributed by atoms with van der Waals surface area (Å²) in [5.41, 5.74) is 0.271. The molecule has 0 atom stereocenters. The molecule has 0 saturated carbocycles. The summed E-state index contributed by atoms with van der Waals surface area (Å²) in [5.74, 6) is -0.388. The van der Waals surface area contributed by atoms with E-state index in [1.165, 1.54) is 35.9 Å². The van der Waals surface area contributed by atoms with Crippen LogP contribution in [0.4, 0.5) is 13.2 Å². The summed E-state index contributed by atoms with van der Waals surface area (Å²) in [7, 11) is 1.45. The molecule has 1 aromatic heterocycles. The Bertz CT molecular complexity index is 817. The average molecular weight is 308 g/mol. The number of hydrogen-bond acceptors (Lipinski definition) is 3. The lowest BCUT2D eigenvalue weighted by atomic mass is 10.0. The first-order chi connectivity index (χ1) is 10.2. The smallest absolute Gasteiger partial charge is 0.405 e. The molecule has 0 bridgehead atoms. The Hall–Kier alpha value is -2.75. The number of rotatable bonds is 2. The number of pyridine rings is 1. The van der Waals surface area contributed by atoms with Crippen molar-refractivity contribution in [1.29, 1.82) is 5.26 Å². The SMILES string of the molecule is Cc1c(-c2ccccc2OC(F)(F)F)cc(C#N)c(=O)n1C. The second-order valence-corrected chi connectivity index (χ2v) is 4.58. The molecule has 0 spiro atoms. The van der Waals surface area contributed by atoms with Crippen molar-refractivity contribution >= 4 is 0 Å². The van der Waals surface area contributed by atoms with Crippen LogP contribution < -0.4 is 10.3 Å². The van der Waals surface area contributed by atoms with E-state index in [4.69, 9.17) is 5.26 Å². The molecule has 1 heterocycles. The Balaban J connectivity index is 2.71. The van der Waals surface area contributed by atoms with Crippen LogP contribution in [0, 0.1) is 18.3 Å². The normalized spacial score (nSPS) is 11.1. The van der Waals surface area contributed by atoms with Gasteiger partial charge in [-0.15, -0.1) is 13.2 Å². The Morgan fingerprint density at radius 3 is 2.45 bits per heavy atom. The lowest BCUT2D eigenvalue weighted by Gasteiger charge is -2.16. The molecule has 1 aromatic carbocycles. The standard InChI is InChI=1S/C15H11F3N2O2/c1-9-12(7-10(8-19)14(21)20(9)2)11-5-3-4-6-13(11)22-15(16,17)18/h3-7H,1-2H3. The summed E-state index contributed by atoms with van der Waals surface area (Å²) in [6.07, 6.45) is -4.83. The number of ether oxygens (including phenoxy) is 1. The molecule has 114 valence electrons. The second-order valence-electron chi connectivity index (χ2n) is 4.58. The van der Waals surface area contributed by atoms with E-state index >= 15 is 0 Å². The number of nitrogens with zero attached hydrogens (tertiary/aromatic N) is 2. The fourth-order valence-electron chi connectivity index (χ4n) is 2.08. The van der Waals surface area contributed by atoms with Gasteiger partial charge in [0, 0.05) is 23.9 Å². The van der Waals surface area contributed by atoms with E-state index in [-0.39, 0.29) is 16.9 Å². The summed E-state index contributed by atoms with van der Waals surface area (Å²) in [6.45, 7) is 1.59. The van der Waals surface area contributed by atoms with Gasteiger partial charge in [0.15, 0.2) is 0 Å². The highest BCUT2D eigenvalue weighted by Gasteiger charge is 2.32. The third kappa shape index (κ3) is 2.96. The maximum absolute atomic E-state index is 12.5. The van der Waals surface area contributed by atoms with Crippen LogP contribution in [0.2, 0.25) is 0 Å². The molecule has 0 radical (unpaired) electrons. The van der Waals surface area contributed by atoms with Gasteiger partial charge in [0.25, 0.3) is 5.56 Å². The molecule has 0 aliphatic carbocycles. The predicted molar refractivity (Wildman–Crippen MR) is 73.3 cm³/mol. The number of benzene rings is 1. The van der Waals surface area contributed by atoms with Crippen molar-refractivity contribution in [2.75, 3.05) is 0 Å². The minimum Gasteiger partial charge on any atom is -0.405 e. The maximum Gasteiger partial charge on any atom is 0.573 e. The molecule has 0 saturated heterocycles. The highest BCUT2D eigenvalue weighted by Crippen LogP contribution is 2.35. The summed E-state index contributed by atoms with van der Waals surface area (Å²) in [5, 5.41) is 8.99. The highest BCUT2D eigenvalue weighted by atomic mass is 19.4. The number of halogens is 3. The first-order valence-electron chi connectivity index (χ1n) is 6.20. The van der Waals surface area contributed by atoms with Crippen molar-refractivity contribution in [1.82, 2.24) is 4.57 Å². The summed E-state index contributed by atoms with van der Waals surface area (Å²) in [6, 6.07) is 8.60. The Kier molecular flexibility index (Phi) is 3.95. The fourth-order valence-corrected chi connectivity index (χ4v) is 2.08. The third-order valence-corrected chi connectivity index (χ3v) is 3.24. The molecule has 0 unspecified atom stereocenters. The number of aromatic nitrogens is 1. The Morgan fingerprint density at radius 2 is 1.86 bits per heavy atom. The molecule has 0 N–H and O–H groups in total. The van der Waals surface area contributed by atoms with E-state index in [2.05, 4.69) is 4.74 Å². The fraction of sp³-hybridized carbons (Fsp3) is 0.200. The van der Waals surface area contributed by atoms with Gasteiger partial charge in [0.1, 0.15) is 17.4 Å². The maximum atomic E-state index is 12.5. The first-order valence-corrected chi connectivity index (χ1v) is 6.20. The minimum absolute atomic E-state index is 0.148. The molecular formula is C15H11F3N2O2. The van der Waals surface area contributed by atoms with Gasteiger partial charge in [-0.3, -0.25) is 4.79 Å². The molecule has 7 heteroatoms. The number of nitriles is 1. The molecule has 2 aromatic rings. The van der Waals surface area contributed by atoms with E-state index < -0.39 is 11.9 Å². The molecule has 4 nitrogen and oxygen atoms in total. The highest BCUT2D eigenvalue weighted by molar-refractivity contribution is 5.73. The van der Waals surface area contributed by atoms with Crippen molar-refractivity contribution in [3.05, 3.63) is 51.9 Å². The Morgan fingerprint density at radius 1 is 1.23 bits per heavy atom. The molecule has 0 aliphatic rings. The van der Waals surface area contributed by atoms with E-state index in [1.807, 2.05) is 0 Å². The van der Waals surface area contributed by atoms with Gasteiger partial charge in [-0.1, -0.05) is 18.2 Å². The second kappa shape index (κ2) is 5.56. The van der Waals surface area contributed by atoms with Crippen LogP contribution >= 0.6 is 0 Å². The molecule has 2 rings (SSSR count). The van der Waals surface area contributed by atoms with Gasteiger partial charge in [-0.2, -0.15) is 5.26 Å². The van der Waals surface area contributed by atoms with Crippen LogP contribution in [-0.2, 0) is 7.05 Å². The zero-order valence-electron chi connectivity index (χ0n) is 11.7. The van der Waals surface area contributed by atoms with Gasteiger partial charge >= 0.3 is 6.36 Å². The lowest BCUT2D eigenvalue weighted by molar-refractivity contribution is -0.274. The predicted octanol–water partition coefficient (Wildman–Crippen LogP) is 3.13. The first kappa shape index (κ1) is 15.6. The summed E-state index contributed by atoms with van der Waals surface area (Å²) < 4.78 is 42.7. The van der Waals surface area contributed by atoms with Crippen LogP contribution in [-0.4, -0.2) is 10.9 Å². The van der Waals surface area contributed by atoms with Gasteiger partial charge < -0.3 is 9.30 Å². The summed E-state index contributed by atoms with van der Waals surface area (Å²) >= 11 is 0. The van der Waals surface area contributed by atoms with Crippen LogP contribution in [0.15, 0.2) is 35.1 Å². The molecular weight excluding hydrogens is 297 g/mol. The molecule has 0 amide bonds. The van der Waals surface area contributed by atoms with E-state index in [1.54, 1.807) is 19.1 Å². The zero-order valence-corrected chi connectivity index (χ0v) is 11.7. The lowest BCUT2D eigenvalue weighted by Crippen LogP contribution is -2.22. The Labute approximate surface area is 124 Å². The van der Waals surface area contributed by atoms with Crippen molar-refractivity contribution in [3.8, 4) is 22.9 Å². The third-order valence-electron chi connectivity index (χ3n) is 3.24. The monoisotopic (exact) mass is 308 g/mol. The topological polar surface area (TPSA) is 55.0 Å². The number of para-hydroxylation sites is 1. The van der Waals surface area contributed by atoms with Crippen molar-refractivity contribution in [3.63, 3.8) is 0 Å². The van der Waals surface area contributed by atoms with E-state index in [0.29, 0.717) is 11.3 Å². The summed E-state index contributed by atoms with van der Waals surface area (Å²) in [4.78, 5) is 11.8. The van der Waals surface area contributed by atoms with Crippen molar-refractivity contribution in [2.24, 2.45) is 7.05 Å². The van der Waals surface area contributed by atoms with E-state index in [9.17, 15) is 18.0 Å². The van der Waals surface area contributed by atoms with Gasteiger partial charge in [-0.25, -0.2) is 0 Å². The van der Waals surface area contributed by atoms with Gasteiger partial charge in [0.2, 0.25) is 0 Å². The van der Waals surface area contributed by atoms with Gasteiger partial charge in [0.05, 0.1) is 0 Å². The molecule has 22 heavy (non-hydrogen) atoms. The van der Waals surface area contributed by atoms with Crippen LogP contribution in [0.3, 0.4) is 0 Å². The molecule has 0 aliphatic heterocycles. The van der Waals surface area contributed by atoms with Crippen LogP contribution in [0.1, 0.15) is 11.3 Å². The quantitative estimate of drug-likeness (QED) is 0.856. The molecule has 0 fully saturated rings.